The van der Waals surface area contributed by atoms with Crippen LogP contribution in [0.4, 0.5) is 11.4 Å². The number of hydrogen-bond donors (Lipinski definition) is 3. The molecular weight excluding hydrogens is 290 g/mol. The molecule has 2 aromatic rings. The number of anilines is 2. The summed E-state index contributed by atoms with van der Waals surface area (Å²) in [7, 11) is 0. The summed E-state index contributed by atoms with van der Waals surface area (Å²) < 4.78 is 0. The molecule has 120 valence electrons. The first-order valence-electron chi connectivity index (χ1n) is 7.50. The molecule has 0 aromatic heterocycles. The van der Waals surface area contributed by atoms with Gasteiger partial charge in [0.05, 0.1) is 12.1 Å². The van der Waals surface area contributed by atoms with Crippen molar-refractivity contribution in [1.29, 1.82) is 0 Å². The molecule has 0 saturated carbocycles. The number of primary amides is 1. The molecule has 5 heteroatoms. The third kappa shape index (κ3) is 4.57. The normalized spacial score (nSPS) is 10.4. The van der Waals surface area contributed by atoms with Crippen LogP contribution in [0.2, 0.25) is 0 Å². The Bertz CT molecular complexity index is 711. The minimum absolute atomic E-state index is 0.0518. The maximum absolute atomic E-state index is 12.1. The summed E-state index contributed by atoms with van der Waals surface area (Å²) in [6, 6.07) is 14.6. The summed E-state index contributed by atoms with van der Waals surface area (Å²) in [5.74, 6) is -0.323. The molecule has 0 aliphatic rings. The van der Waals surface area contributed by atoms with E-state index < -0.39 is 5.91 Å². The van der Waals surface area contributed by atoms with E-state index in [2.05, 4.69) is 24.5 Å². The molecule has 0 aliphatic carbocycles. The fourth-order valence-corrected chi connectivity index (χ4v) is 2.21. The highest BCUT2D eigenvalue weighted by molar-refractivity contribution is 6.00. The first-order chi connectivity index (χ1) is 11.0. The van der Waals surface area contributed by atoms with Gasteiger partial charge in [0.1, 0.15) is 0 Å². The highest BCUT2D eigenvalue weighted by atomic mass is 16.2. The number of nitrogens with one attached hydrogen (secondary N) is 2. The topological polar surface area (TPSA) is 84.2 Å². The molecule has 0 unspecified atom stereocenters. The highest BCUT2D eigenvalue weighted by Gasteiger charge is 2.09. The van der Waals surface area contributed by atoms with Crippen LogP contribution in [-0.4, -0.2) is 18.4 Å². The number of rotatable bonds is 6. The predicted molar refractivity (Wildman–Crippen MR) is 92.6 cm³/mol. The Kier molecular flexibility index (Phi) is 5.36. The highest BCUT2D eigenvalue weighted by Crippen LogP contribution is 2.18. The predicted octanol–water partition coefficient (Wildman–Crippen LogP) is 2.96. The molecule has 0 fully saturated rings. The zero-order valence-electron chi connectivity index (χ0n) is 13.3. The SMILES string of the molecule is CC(C)c1cccc(NC(=O)CNc2ccccc2C(N)=O)c1. The van der Waals surface area contributed by atoms with E-state index in [0.717, 1.165) is 11.3 Å². The summed E-state index contributed by atoms with van der Waals surface area (Å²) >= 11 is 0. The van der Waals surface area contributed by atoms with Crippen molar-refractivity contribution in [2.45, 2.75) is 19.8 Å². The summed E-state index contributed by atoms with van der Waals surface area (Å²) in [6.45, 7) is 4.25. The van der Waals surface area contributed by atoms with Gasteiger partial charge in [0.25, 0.3) is 5.91 Å². The standard InChI is InChI=1S/C18H21N3O2/c1-12(2)13-6-5-7-14(10-13)21-17(22)11-20-16-9-4-3-8-15(16)18(19)23/h3-10,12,20H,11H2,1-2H3,(H2,19,23)(H,21,22). The lowest BCUT2D eigenvalue weighted by atomic mass is 10.0. The minimum Gasteiger partial charge on any atom is -0.376 e. The quantitative estimate of drug-likeness (QED) is 0.767. The van der Waals surface area contributed by atoms with Gasteiger partial charge in [-0.25, -0.2) is 0 Å². The molecule has 2 rings (SSSR count). The number of carbonyl (C=O) groups excluding carboxylic acids is 2. The van der Waals surface area contributed by atoms with Crippen molar-refractivity contribution in [2.75, 3.05) is 17.2 Å². The van der Waals surface area contributed by atoms with E-state index in [9.17, 15) is 9.59 Å². The van der Waals surface area contributed by atoms with E-state index in [1.807, 2.05) is 24.3 Å². The van der Waals surface area contributed by atoms with Gasteiger partial charge in [-0.2, -0.15) is 0 Å². The van der Waals surface area contributed by atoms with E-state index in [0.29, 0.717) is 17.2 Å². The lowest BCUT2D eigenvalue weighted by molar-refractivity contribution is -0.114. The molecule has 0 radical (unpaired) electrons. The second kappa shape index (κ2) is 7.45. The molecule has 5 nitrogen and oxygen atoms in total. The lowest BCUT2D eigenvalue weighted by Gasteiger charge is -2.12. The summed E-state index contributed by atoms with van der Waals surface area (Å²) in [5, 5.41) is 5.78. The Morgan fingerprint density at radius 2 is 1.83 bits per heavy atom. The summed E-state index contributed by atoms with van der Waals surface area (Å²) in [5.41, 5.74) is 8.14. The van der Waals surface area contributed by atoms with Crippen molar-refractivity contribution in [3.63, 3.8) is 0 Å². The van der Waals surface area contributed by atoms with Crippen molar-refractivity contribution in [3.8, 4) is 0 Å². The van der Waals surface area contributed by atoms with Gasteiger partial charge in [0.15, 0.2) is 0 Å². The summed E-state index contributed by atoms with van der Waals surface area (Å²) in [4.78, 5) is 23.4. The molecule has 0 atom stereocenters. The van der Waals surface area contributed by atoms with E-state index in [-0.39, 0.29) is 12.5 Å². The van der Waals surface area contributed by atoms with Crippen LogP contribution in [0.15, 0.2) is 48.5 Å². The average Bonchev–Trinajstić information content (AvgIpc) is 2.53. The van der Waals surface area contributed by atoms with Crippen LogP contribution in [0.5, 0.6) is 0 Å². The monoisotopic (exact) mass is 311 g/mol. The first kappa shape index (κ1) is 16.5. The molecule has 0 heterocycles. The van der Waals surface area contributed by atoms with Gasteiger partial charge in [-0.05, 0) is 35.7 Å². The number of para-hydroxylation sites is 1. The fraction of sp³-hybridized carbons (Fsp3) is 0.222. The maximum atomic E-state index is 12.1. The molecule has 2 amide bonds. The second-order valence-corrected chi connectivity index (χ2v) is 5.59. The number of hydrogen-bond acceptors (Lipinski definition) is 3. The second-order valence-electron chi connectivity index (χ2n) is 5.59. The van der Waals surface area contributed by atoms with Gasteiger partial charge >= 0.3 is 0 Å². The van der Waals surface area contributed by atoms with E-state index >= 15 is 0 Å². The molecule has 2 aromatic carbocycles. The van der Waals surface area contributed by atoms with Gasteiger partial charge in [-0.1, -0.05) is 38.1 Å². The van der Waals surface area contributed by atoms with Gasteiger partial charge in [0, 0.05) is 11.4 Å². The largest absolute Gasteiger partial charge is 0.376 e. The number of amides is 2. The number of benzene rings is 2. The van der Waals surface area contributed by atoms with Crippen molar-refractivity contribution < 1.29 is 9.59 Å². The van der Waals surface area contributed by atoms with Crippen LogP contribution in [0.3, 0.4) is 0 Å². The van der Waals surface area contributed by atoms with Crippen molar-refractivity contribution in [1.82, 2.24) is 0 Å². The van der Waals surface area contributed by atoms with Crippen LogP contribution in [0, 0.1) is 0 Å². The van der Waals surface area contributed by atoms with E-state index in [1.54, 1.807) is 24.3 Å². The fourth-order valence-electron chi connectivity index (χ4n) is 2.21. The van der Waals surface area contributed by atoms with Crippen LogP contribution < -0.4 is 16.4 Å². The van der Waals surface area contributed by atoms with E-state index in [1.165, 1.54) is 0 Å². The van der Waals surface area contributed by atoms with Gasteiger partial charge < -0.3 is 16.4 Å². The number of nitrogens with two attached hydrogens (primary N) is 1. The minimum atomic E-state index is -0.529. The zero-order valence-corrected chi connectivity index (χ0v) is 13.3. The molecule has 4 N–H and O–H groups in total. The van der Waals surface area contributed by atoms with Crippen LogP contribution in [0.25, 0.3) is 0 Å². The van der Waals surface area contributed by atoms with Crippen LogP contribution in [-0.2, 0) is 4.79 Å². The van der Waals surface area contributed by atoms with Gasteiger partial charge in [0.2, 0.25) is 5.91 Å². The Morgan fingerprint density at radius 3 is 2.52 bits per heavy atom. The molecule has 0 aliphatic heterocycles. The molecular formula is C18H21N3O2. The molecule has 23 heavy (non-hydrogen) atoms. The Balaban J connectivity index is 1.98. The lowest BCUT2D eigenvalue weighted by Crippen LogP contribution is -2.23. The Hall–Kier alpha value is -2.82. The molecule has 0 bridgehead atoms. The Labute approximate surface area is 135 Å². The van der Waals surface area contributed by atoms with Crippen molar-refractivity contribution in [3.05, 3.63) is 59.7 Å². The van der Waals surface area contributed by atoms with Crippen LogP contribution >= 0.6 is 0 Å². The summed E-state index contributed by atoms with van der Waals surface area (Å²) in [6.07, 6.45) is 0. The third-order valence-corrected chi connectivity index (χ3v) is 3.47. The average molecular weight is 311 g/mol. The number of carbonyl (C=O) groups is 2. The third-order valence-electron chi connectivity index (χ3n) is 3.47. The molecule has 0 saturated heterocycles. The van der Waals surface area contributed by atoms with Crippen molar-refractivity contribution >= 4 is 23.2 Å². The van der Waals surface area contributed by atoms with Gasteiger partial charge in [-0.3, -0.25) is 9.59 Å². The zero-order chi connectivity index (χ0) is 16.8. The maximum Gasteiger partial charge on any atom is 0.250 e. The smallest absolute Gasteiger partial charge is 0.250 e. The first-order valence-corrected chi connectivity index (χ1v) is 7.50. The molecule has 0 spiro atoms. The Morgan fingerprint density at radius 1 is 1.09 bits per heavy atom. The van der Waals surface area contributed by atoms with Crippen LogP contribution in [0.1, 0.15) is 35.7 Å². The van der Waals surface area contributed by atoms with Crippen molar-refractivity contribution in [2.24, 2.45) is 5.73 Å². The van der Waals surface area contributed by atoms with Gasteiger partial charge in [-0.15, -0.1) is 0 Å². The van der Waals surface area contributed by atoms with E-state index in [4.69, 9.17) is 5.73 Å².